The van der Waals surface area contributed by atoms with Crippen molar-refractivity contribution in [2.45, 2.75) is 32.0 Å². The van der Waals surface area contributed by atoms with Crippen molar-refractivity contribution in [2.24, 2.45) is 0 Å². The Hall–Kier alpha value is -2.54. The molecule has 1 heterocycles. The molecule has 0 aliphatic carbocycles. The highest BCUT2D eigenvalue weighted by molar-refractivity contribution is 6.34. The van der Waals surface area contributed by atoms with Gasteiger partial charge in [0, 0.05) is 21.8 Å². The van der Waals surface area contributed by atoms with Crippen LogP contribution < -0.4 is 5.32 Å². The summed E-state index contributed by atoms with van der Waals surface area (Å²) in [6.45, 7) is 3.54. The molecule has 3 aromatic rings. The molecule has 0 saturated carbocycles. The first-order valence-corrected chi connectivity index (χ1v) is 11.3. The summed E-state index contributed by atoms with van der Waals surface area (Å²) in [6.07, 6.45) is -0.542. The van der Waals surface area contributed by atoms with Crippen molar-refractivity contribution < 1.29 is 18.0 Å². The number of hydrogen-bond donors (Lipinski definition) is 1. The van der Waals surface area contributed by atoms with E-state index in [1.54, 1.807) is 43.5 Å². The second kappa shape index (κ2) is 10.8. The molecule has 1 N–H and O–H groups in total. The smallest absolute Gasteiger partial charge is 0.345 e. The molecule has 0 spiro atoms. The predicted octanol–water partition coefficient (Wildman–Crippen LogP) is 8.20. The summed E-state index contributed by atoms with van der Waals surface area (Å²) in [7, 11) is 0. The summed E-state index contributed by atoms with van der Waals surface area (Å²) in [5, 5.41) is 3.49. The van der Waals surface area contributed by atoms with Gasteiger partial charge in [0.1, 0.15) is 5.15 Å². The van der Waals surface area contributed by atoms with Gasteiger partial charge in [0.2, 0.25) is 0 Å². The second-order valence-electron chi connectivity index (χ2n) is 7.76. The predicted molar refractivity (Wildman–Crippen MR) is 131 cm³/mol. The topological polar surface area (TPSA) is 42.0 Å². The van der Waals surface area contributed by atoms with Crippen molar-refractivity contribution in [3.63, 3.8) is 0 Å². The number of benzene rings is 2. The third-order valence-corrected chi connectivity index (χ3v) is 5.83. The van der Waals surface area contributed by atoms with E-state index in [4.69, 9.17) is 34.8 Å². The lowest BCUT2D eigenvalue weighted by Crippen LogP contribution is -2.27. The summed E-state index contributed by atoms with van der Waals surface area (Å²) in [5.41, 5.74) is 2.29. The van der Waals surface area contributed by atoms with Crippen LogP contribution in [-0.2, 0) is 0 Å². The number of nitrogens with one attached hydrogen (secondary N) is 1. The number of aromatic nitrogens is 1. The number of aryl methyl sites for hydroxylation is 1. The van der Waals surface area contributed by atoms with E-state index in [1.165, 1.54) is 24.3 Å². The van der Waals surface area contributed by atoms with Crippen LogP contribution >= 0.6 is 34.8 Å². The number of nitrogens with zero attached hydrogens (tertiary/aromatic N) is 1. The van der Waals surface area contributed by atoms with Crippen LogP contribution in [0.2, 0.25) is 15.2 Å². The Labute approximate surface area is 210 Å². The molecule has 3 nitrogen and oxygen atoms in total. The van der Waals surface area contributed by atoms with E-state index in [1.807, 2.05) is 6.92 Å². The van der Waals surface area contributed by atoms with Gasteiger partial charge in [0.25, 0.3) is 5.91 Å². The number of allylic oxidation sites excluding steroid dienone is 1. The number of halogens is 6. The molecular formula is C25H20Cl3F3N2O. The van der Waals surface area contributed by atoms with Crippen molar-refractivity contribution >= 4 is 46.8 Å². The van der Waals surface area contributed by atoms with Gasteiger partial charge in [0.15, 0.2) is 0 Å². The molecule has 9 heteroatoms. The largest absolute Gasteiger partial charge is 0.399 e. The molecule has 1 amide bonds. The quantitative estimate of drug-likeness (QED) is 0.328. The third-order valence-electron chi connectivity index (χ3n) is 5.17. The Morgan fingerprint density at radius 2 is 1.68 bits per heavy atom. The summed E-state index contributed by atoms with van der Waals surface area (Å²) >= 11 is 17.6. The zero-order valence-corrected chi connectivity index (χ0v) is 20.4. The van der Waals surface area contributed by atoms with E-state index in [9.17, 15) is 18.0 Å². The Kier molecular flexibility index (Phi) is 8.29. The van der Waals surface area contributed by atoms with E-state index in [2.05, 4.69) is 10.3 Å². The molecule has 2 atom stereocenters. The van der Waals surface area contributed by atoms with E-state index in [0.717, 1.165) is 11.6 Å². The number of carbonyl (C=O) groups is 1. The fourth-order valence-corrected chi connectivity index (χ4v) is 4.07. The summed E-state index contributed by atoms with van der Waals surface area (Å²) < 4.78 is 41.1. The lowest BCUT2D eigenvalue weighted by Gasteiger charge is -2.18. The van der Waals surface area contributed by atoms with Gasteiger partial charge in [-0.05, 0) is 66.4 Å². The van der Waals surface area contributed by atoms with E-state index in [0.29, 0.717) is 21.8 Å². The third kappa shape index (κ3) is 6.75. The highest BCUT2D eigenvalue weighted by Gasteiger charge is 2.39. The molecule has 0 fully saturated rings. The van der Waals surface area contributed by atoms with Crippen LogP contribution in [0, 0.1) is 6.92 Å². The van der Waals surface area contributed by atoms with Gasteiger partial charge in [-0.15, -0.1) is 0 Å². The number of carbonyl (C=O) groups excluding carboxylic acids is 1. The van der Waals surface area contributed by atoms with Crippen LogP contribution in [0.5, 0.6) is 0 Å². The lowest BCUT2D eigenvalue weighted by molar-refractivity contribution is -0.139. The van der Waals surface area contributed by atoms with Crippen LogP contribution in [0.4, 0.5) is 13.2 Å². The van der Waals surface area contributed by atoms with Crippen molar-refractivity contribution in [3.8, 4) is 0 Å². The highest BCUT2D eigenvalue weighted by Crippen LogP contribution is 2.38. The molecule has 0 aliphatic rings. The maximum Gasteiger partial charge on any atom is 0.399 e. The zero-order valence-electron chi connectivity index (χ0n) is 18.1. The van der Waals surface area contributed by atoms with Gasteiger partial charge >= 0.3 is 6.18 Å². The number of rotatable bonds is 6. The first-order valence-electron chi connectivity index (χ1n) is 10.2. The molecule has 3 rings (SSSR count). The Morgan fingerprint density at radius 3 is 2.24 bits per heavy atom. The fraction of sp³-hybridized carbons (Fsp3) is 0.200. The highest BCUT2D eigenvalue weighted by atomic mass is 35.5. The summed E-state index contributed by atoms with van der Waals surface area (Å²) in [5.74, 6) is -2.20. The van der Waals surface area contributed by atoms with Gasteiger partial charge < -0.3 is 5.32 Å². The molecule has 2 aromatic carbocycles. The molecule has 178 valence electrons. The number of alkyl halides is 3. The van der Waals surface area contributed by atoms with E-state index < -0.39 is 12.1 Å². The Balaban J connectivity index is 1.79. The van der Waals surface area contributed by atoms with Gasteiger partial charge in [0.05, 0.1) is 12.0 Å². The van der Waals surface area contributed by atoms with E-state index >= 15 is 0 Å². The SMILES string of the molecule is Cc1cc(/C=C/C(c2cc(Cl)cc(Cl)c2)C(F)(F)F)ccc1C(=O)NC(C)c1ccc(Cl)nc1. The molecule has 34 heavy (non-hydrogen) atoms. The Morgan fingerprint density at radius 1 is 1.00 bits per heavy atom. The van der Waals surface area contributed by atoms with Crippen LogP contribution in [0.25, 0.3) is 6.08 Å². The molecule has 1 aromatic heterocycles. The number of hydrogen-bond acceptors (Lipinski definition) is 2. The van der Waals surface area contributed by atoms with Crippen LogP contribution in [-0.4, -0.2) is 17.1 Å². The molecule has 2 unspecified atom stereocenters. The van der Waals surface area contributed by atoms with Gasteiger partial charge in [-0.3, -0.25) is 4.79 Å². The van der Waals surface area contributed by atoms with Crippen LogP contribution in [0.15, 0.2) is 60.8 Å². The number of pyridine rings is 1. The first-order chi connectivity index (χ1) is 15.9. The van der Waals surface area contributed by atoms with Gasteiger partial charge in [-0.25, -0.2) is 4.98 Å². The summed E-state index contributed by atoms with van der Waals surface area (Å²) in [4.78, 5) is 16.7. The molecule has 0 saturated heterocycles. The van der Waals surface area contributed by atoms with E-state index in [-0.39, 0.29) is 27.6 Å². The van der Waals surface area contributed by atoms with Crippen LogP contribution in [0.1, 0.15) is 51.5 Å². The standard InChI is InChI=1S/C25H20Cl3F3N2O/c1-14-9-16(4-7-22(25(29,30)31)18-10-19(26)12-20(27)11-18)3-6-21(14)24(34)33-15(2)17-5-8-23(28)32-13-17/h3-13,15,22H,1-2H3,(H,33,34)/b7-4+. The van der Waals surface area contributed by atoms with Gasteiger partial charge in [-0.1, -0.05) is 65.2 Å². The van der Waals surface area contributed by atoms with Crippen molar-refractivity contribution in [2.75, 3.05) is 0 Å². The Bertz CT molecular complexity index is 1190. The molecule has 0 bridgehead atoms. The van der Waals surface area contributed by atoms with Gasteiger partial charge in [-0.2, -0.15) is 13.2 Å². The molecular weight excluding hydrogens is 508 g/mol. The lowest BCUT2D eigenvalue weighted by atomic mass is 9.96. The fourth-order valence-electron chi connectivity index (χ4n) is 3.42. The van der Waals surface area contributed by atoms with Crippen molar-refractivity contribution in [3.05, 3.63) is 104 Å². The maximum atomic E-state index is 13.7. The molecule has 0 radical (unpaired) electrons. The maximum absolute atomic E-state index is 13.7. The normalized spacial score (nSPS) is 13.6. The van der Waals surface area contributed by atoms with Crippen LogP contribution in [0.3, 0.4) is 0 Å². The number of amides is 1. The second-order valence-corrected chi connectivity index (χ2v) is 9.03. The monoisotopic (exact) mass is 526 g/mol. The average Bonchev–Trinajstić information content (AvgIpc) is 2.72. The minimum atomic E-state index is -4.54. The molecule has 0 aliphatic heterocycles. The minimum absolute atomic E-state index is 0.0559. The van der Waals surface area contributed by atoms with Crippen molar-refractivity contribution in [1.82, 2.24) is 10.3 Å². The zero-order chi connectivity index (χ0) is 25.0. The minimum Gasteiger partial charge on any atom is -0.345 e. The average molecular weight is 528 g/mol. The summed E-state index contributed by atoms with van der Waals surface area (Å²) in [6, 6.07) is 11.8. The van der Waals surface area contributed by atoms with Crippen molar-refractivity contribution in [1.29, 1.82) is 0 Å². The first kappa shape index (κ1) is 26.1.